The zero-order valence-corrected chi connectivity index (χ0v) is 13.5. The molecule has 3 aliphatic rings. The number of phenols is 1. The third kappa shape index (κ3) is 1.84. The number of benzene rings is 1. The van der Waals surface area contributed by atoms with E-state index >= 15 is 0 Å². The lowest BCUT2D eigenvalue weighted by Crippen LogP contribution is -2.55. The summed E-state index contributed by atoms with van der Waals surface area (Å²) in [6.45, 7) is 1.99. The molecule has 0 bridgehead atoms. The zero-order valence-electron chi connectivity index (χ0n) is 13.5. The van der Waals surface area contributed by atoms with Crippen molar-refractivity contribution in [2.45, 2.75) is 57.0 Å². The summed E-state index contributed by atoms with van der Waals surface area (Å²) in [4.78, 5) is 11.7. The lowest BCUT2D eigenvalue weighted by atomic mass is 9.53. The predicted molar refractivity (Wildman–Crippen MR) is 85.3 cm³/mol. The largest absolute Gasteiger partial charge is 0.508 e. The van der Waals surface area contributed by atoms with E-state index in [9.17, 15) is 20.1 Å². The zero-order chi connectivity index (χ0) is 16.4. The average Bonchev–Trinajstić information content (AvgIpc) is 2.80. The van der Waals surface area contributed by atoms with E-state index in [0.29, 0.717) is 24.0 Å². The second kappa shape index (κ2) is 4.73. The Morgan fingerprint density at radius 1 is 1.22 bits per heavy atom. The molecule has 5 atom stereocenters. The number of fused-ring (bicyclic) bond motifs is 5. The molecule has 0 radical (unpaired) electrons. The molecule has 3 N–H and O–H groups in total. The summed E-state index contributed by atoms with van der Waals surface area (Å²) in [6.07, 6.45) is 4.80. The normalized spacial score (nSPS) is 41.7. The van der Waals surface area contributed by atoms with Crippen molar-refractivity contribution in [1.29, 1.82) is 0 Å². The number of aromatic hydroxyl groups is 1. The van der Waals surface area contributed by atoms with Gasteiger partial charge in [0.2, 0.25) is 0 Å². The molecule has 0 aromatic heterocycles. The summed E-state index contributed by atoms with van der Waals surface area (Å²) in [5.41, 5.74) is 0.472. The molecule has 4 heteroatoms. The lowest BCUT2D eigenvalue weighted by molar-refractivity contribution is -0.177. The standard InChI is InChI=1S/C19H24O4/c1-18-8-6-14-13-5-3-12(20)10-11(13)2-4-15(14)16(18)7-9-19(18,23)17(21)22/h3,5,10,14-16,20,23H,2,4,6-9H2,1H3,(H,21,22)/t14-,15-,16+,18+,19-/m1/s1. The fourth-order valence-electron chi connectivity index (χ4n) is 5.94. The molecule has 4 nitrogen and oxygen atoms in total. The van der Waals surface area contributed by atoms with Crippen molar-refractivity contribution in [3.05, 3.63) is 29.3 Å². The van der Waals surface area contributed by atoms with Crippen LogP contribution in [0.25, 0.3) is 0 Å². The second-order valence-corrected chi connectivity index (χ2v) is 7.96. The van der Waals surface area contributed by atoms with Crippen LogP contribution >= 0.6 is 0 Å². The Kier molecular flexibility index (Phi) is 3.08. The third-order valence-electron chi connectivity index (χ3n) is 7.22. The van der Waals surface area contributed by atoms with E-state index in [-0.39, 0.29) is 5.92 Å². The van der Waals surface area contributed by atoms with Crippen molar-refractivity contribution in [1.82, 2.24) is 0 Å². The Morgan fingerprint density at radius 2 is 2.00 bits per heavy atom. The van der Waals surface area contributed by atoms with Gasteiger partial charge in [-0.3, -0.25) is 0 Å². The number of carboxylic acid groups (broad SMARTS) is 1. The molecule has 3 aliphatic carbocycles. The first-order chi connectivity index (χ1) is 10.9. The van der Waals surface area contributed by atoms with Gasteiger partial charge in [0.1, 0.15) is 5.75 Å². The molecular formula is C19H24O4. The van der Waals surface area contributed by atoms with Gasteiger partial charge in [-0.15, -0.1) is 0 Å². The number of carboxylic acids is 1. The van der Waals surface area contributed by atoms with Crippen molar-refractivity contribution < 1.29 is 20.1 Å². The Labute approximate surface area is 136 Å². The van der Waals surface area contributed by atoms with E-state index in [2.05, 4.69) is 0 Å². The molecule has 1 aromatic carbocycles. The van der Waals surface area contributed by atoms with Crippen LogP contribution in [-0.4, -0.2) is 26.9 Å². The fourth-order valence-corrected chi connectivity index (χ4v) is 5.94. The maximum Gasteiger partial charge on any atom is 0.336 e. The predicted octanol–water partition coefficient (Wildman–Crippen LogP) is 3.06. The molecule has 1 aromatic rings. The van der Waals surface area contributed by atoms with Crippen molar-refractivity contribution in [3.8, 4) is 5.75 Å². The molecule has 0 unspecified atom stereocenters. The van der Waals surface area contributed by atoms with Gasteiger partial charge >= 0.3 is 5.97 Å². The smallest absolute Gasteiger partial charge is 0.336 e. The van der Waals surface area contributed by atoms with E-state index in [1.165, 1.54) is 11.1 Å². The molecule has 23 heavy (non-hydrogen) atoms. The maximum absolute atomic E-state index is 11.7. The third-order valence-corrected chi connectivity index (χ3v) is 7.22. The Balaban J connectivity index is 1.71. The minimum absolute atomic E-state index is 0.268. The van der Waals surface area contributed by atoms with Gasteiger partial charge in [-0.05, 0) is 79.5 Å². The minimum Gasteiger partial charge on any atom is -0.508 e. The molecule has 0 saturated heterocycles. The highest BCUT2D eigenvalue weighted by molar-refractivity contribution is 5.79. The quantitative estimate of drug-likeness (QED) is 0.744. The first-order valence-corrected chi connectivity index (χ1v) is 8.64. The van der Waals surface area contributed by atoms with Gasteiger partial charge in [0.25, 0.3) is 0 Å². The molecule has 0 amide bonds. The number of rotatable bonds is 1. The van der Waals surface area contributed by atoms with Crippen LogP contribution in [0.15, 0.2) is 18.2 Å². The average molecular weight is 316 g/mol. The molecule has 2 fully saturated rings. The molecular weight excluding hydrogens is 292 g/mol. The van der Waals surface area contributed by atoms with E-state index in [0.717, 1.165) is 32.1 Å². The Hall–Kier alpha value is -1.55. The topological polar surface area (TPSA) is 77.8 Å². The monoisotopic (exact) mass is 316 g/mol. The molecule has 0 heterocycles. The van der Waals surface area contributed by atoms with Crippen molar-refractivity contribution in [3.63, 3.8) is 0 Å². The van der Waals surface area contributed by atoms with Gasteiger partial charge in [0, 0.05) is 5.41 Å². The van der Waals surface area contributed by atoms with E-state index in [1.54, 1.807) is 6.07 Å². The van der Waals surface area contributed by atoms with Crippen LogP contribution in [0.5, 0.6) is 5.75 Å². The fraction of sp³-hybridized carbons (Fsp3) is 0.632. The van der Waals surface area contributed by atoms with E-state index in [4.69, 9.17) is 0 Å². The summed E-state index contributed by atoms with van der Waals surface area (Å²) in [5.74, 6) is 0.420. The number of carbonyl (C=O) groups is 1. The molecule has 124 valence electrons. The molecule has 4 rings (SSSR count). The van der Waals surface area contributed by atoms with Crippen LogP contribution in [0.4, 0.5) is 0 Å². The van der Waals surface area contributed by atoms with Crippen molar-refractivity contribution in [2.75, 3.05) is 0 Å². The van der Waals surface area contributed by atoms with Crippen LogP contribution in [0.1, 0.15) is 56.1 Å². The minimum atomic E-state index is -1.57. The lowest BCUT2D eigenvalue weighted by Gasteiger charge is -2.52. The number of aryl methyl sites for hydroxylation is 1. The molecule has 0 aliphatic heterocycles. The first-order valence-electron chi connectivity index (χ1n) is 8.64. The highest BCUT2D eigenvalue weighted by Crippen LogP contribution is 2.64. The summed E-state index contributed by atoms with van der Waals surface area (Å²) in [5, 5.41) is 30.1. The number of phenolic OH excluding ortho intramolecular Hbond substituents is 1. The first kappa shape index (κ1) is 15.0. The number of hydrogen-bond donors (Lipinski definition) is 3. The summed E-state index contributed by atoms with van der Waals surface area (Å²) in [7, 11) is 0. The van der Waals surface area contributed by atoms with E-state index < -0.39 is 17.0 Å². The van der Waals surface area contributed by atoms with Gasteiger partial charge in [0.05, 0.1) is 0 Å². The van der Waals surface area contributed by atoms with Crippen LogP contribution in [0, 0.1) is 17.3 Å². The molecule has 2 saturated carbocycles. The van der Waals surface area contributed by atoms with Crippen LogP contribution < -0.4 is 0 Å². The van der Waals surface area contributed by atoms with Crippen LogP contribution in [0.3, 0.4) is 0 Å². The Morgan fingerprint density at radius 3 is 2.74 bits per heavy atom. The van der Waals surface area contributed by atoms with Gasteiger partial charge in [0.15, 0.2) is 5.60 Å². The van der Waals surface area contributed by atoms with E-state index in [1.807, 2.05) is 19.1 Å². The van der Waals surface area contributed by atoms with Gasteiger partial charge in [-0.2, -0.15) is 0 Å². The number of aliphatic hydroxyl groups is 1. The van der Waals surface area contributed by atoms with Gasteiger partial charge in [-0.25, -0.2) is 4.79 Å². The van der Waals surface area contributed by atoms with Crippen molar-refractivity contribution >= 4 is 5.97 Å². The van der Waals surface area contributed by atoms with Crippen LogP contribution in [0.2, 0.25) is 0 Å². The SMILES string of the molecule is C[C@]12CC[C@@H]3c4ccc(O)cc4CC[C@H]3[C@@H]1CC[C@@]2(O)C(=O)O. The summed E-state index contributed by atoms with van der Waals surface area (Å²) >= 11 is 0. The highest BCUT2D eigenvalue weighted by Gasteiger charge is 2.64. The Bertz CT molecular complexity index is 669. The van der Waals surface area contributed by atoms with Crippen LogP contribution in [-0.2, 0) is 11.2 Å². The van der Waals surface area contributed by atoms with Crippen molar-refractivity contribution in [2.24, 2.45) is 17.3 Å². The maximum atomic E-state index is 11.7. The van der Waals surface area contributed by atoms with Gasteiger partial charge in [-0.1, -0.05) is 13.0 Å². The number of hydrogen-bond acceptors (Lipinski definition) is 3. The number of aliphatic carboxylic acids is 1. The summed E-state index contributed by atoms with van der Waals surface area (Å²) < 4.78 is 0. The molecule has 0 spiro atoms. The second-order valence-electron chi connectivity index (χ2n) is 7.96. The summed E-state index contributed by atoms with van der Waals surface area (Å²) in [6, 6.07) is 5.68. The highest BCUT2D eigenvalue weighted by atomic mass is 16.4. The van der Waals surface area contributed by atoms with Gasteiger partial charge < -0.3 is 15.3 Å².